The Labute approximate surface area is 250 Å². The second-order valence-corrected chi connectivity index (χ2v) is 11.7. The number of rotatable bonds is 7. The zero-order valence-corrected chi connectivity index (χ0v) is 26.4. The lowest BCUT2D eigenvalue weighted by Gasteiger charge is -2.44. The van der Waals surface area contributed by atoms with Crippen LogP contribution < -0.4 is 5.32 Å². The third-order valence-electron chi connectivity index (χ3n) is 8.44. The summed E-state index contributed by atoms with van der Waals surface area (Å²) >= 11 is 10.0. The van der Waals surface area contributed by atoms with Crippen LogP contribution in [0.4, 0.5) is 0 Å². The standard InChI is InChI=1S/C31H40BrClN4.C2H6/c1-2-24-8-9-25-21-26(33)10-11-29(25)31(30(24)35-15-14-32)36-17-12-28(13-18-36)37-19-16-34-27(22-37)20-23-6-4-3-5-7-23;1-2/h3-7,10-11,15,21,27-28,31,34H,2,8-9,12-14,16-20,22H2,1H3;1-2H3. The summed E-state index contributed by atoms with van der Waals surface area (Å²) in [5.41, 5.74) is 6.98. The van der Waals surface area contributed by atoms with E-state index in [-0.39, 0.29) is 6.04 Å². The van der Waals surface area contributed by atoms with Crippen LogP contribution in [0.5, 0.6) is 0 Å². The minimum absolute atomic E-state index is 0.217. The first-order chi connectivity index (χ1) is 19.2. The number of benzene rings is 2. The van der Waals surface area contributed by atoms with Gasteiger partial charge in [-0.3, -0.25) is 14.8 Å². The SMILES string of the molecule is CC.CCC1=C(N=CCBr)C(N2CCC(N3CCNC(Cc4ccccc4)C3)CC2)c2ccc(Cl)cc2CC1. The molecule has 2 saturated heterocycles. The van der Waals surface area contributed by atoms with Crippen LogP contribution in [-0.2, 0) is 12.8 Å². The molecule has 1 aliphatic carbocycles. The Kier molecular flexibility index (Phi) is 12.1. The van der Waals surface area contributed by atoms with Crippen LogP contribution in [0.25, 0.3) is 0 Å². The Morgan fingerprint density at radius 3 is 2.51 bits per heavy atom. The highest BCUT2D eigenvalue weighted by molar-refractivity contribution is 9.09. The summed E-state index contributed by atoms with van der Waals surface area (Å²) in [4.78, 5) is 10.5. The van der Waals surface area contributed by atoms with Gasteiger partial charge in [0.2, 0.25) is 0 Å². The number of hydrogen-bond acceptors (Lipinski definition) is 4. The van der Waals surface area contributed by atoms with Gasteiger partial charge in [0, 0.05) is 61.4 Å². The molecule has 0 spiro atoms. The van der Waals surface area contributed by atoms with E-state index in [9.17, 15) is 0 Å². The zero-order chi connectivity index (χ0) is 27.6. The van der Waals surface area contributed by atoms with Crippen molar-refractivity contribution in [3.8, 4) is 0 Å². The highest BCUT2D eigenvalue weighted by Gasteiger charge is 2.35. The van der Waals surface area contributed by atoms with Crippen LogP contribution in [0.2, 0.25) is 5.02 Å². The minimum Gasteiger partial charge on any atom is -0.311 e. The number of aliphatic imine (C=N–C) groups is 1. The summed E-state index contributed by atoms with van der Waals surface area (Å²) in [6.45, 7) is 11.9. The predicted octanol–water partition coefficient (Wildman–Crippen LogP) is 7.46. The molecule has 4 nitrogen and oxygen atoms in total. The first-order valence-electron chi connectivity index (χ1n) is 15.0. The van der Waals surface area contributed by atoms with Crippen molar-refractivity contribution in [1.29, 1.82) is 0 Å². The van der Waals surface area contributed by atoms with E-state index in [4.69, 9.17) is 16.6 Å². The van der Waals surface area contributed by atoms with E-state index < -0.39 is 0 Å². The smallest absolute Gasteiger partial charge is 0.0778 e. The first kappa shape index (κ1) is 30.5. The van der Waals surface area contributed by atoms with Gasteiger partial charge in [-0.1, -0.05) is 84.7 Å². The van der Waals surface area contributed by atoms with Crippen molar-refractivity contribution in [3.63, 3.8) is 0 Å². The normalized spacial score (nSPS) is 23.3. The number of allylic oxidation sites excluding steroid dienone is 1. The highest BCUT2D eigenvalue weighted by atomic mass is 79.9. The van der Waals surface area contributed by atoms with Crippen LogP contribution >= 0.6 is 27.5 Å². The number of likely N-dealkylation sites (tertiary alicyclic amines) is 1. The fourth-order valence-electron chi connectivity index (χ4n) is 6.56. The second kappa shape index (κ2) is 15.5. The molecule has 5 rings (SSSR count). The Balaban J connectivity index is 0.00000172. The monoisotopic (exact) mass is 612 g/mol. The van der Waals surface area contributed by atoms with E-state index in [1.807, 2.05) is 20.1 Å². The van der Waals surface area contributed by atoms with Gasteiger partial charge in [0.1, 0.15) is 0 Å². The summed E-state index contributed by atoms with van der Waals surface area (Å²) in [7, 11) is 0. The van der Waals surface area contributed by atoms with Crippen LogP contribution in [0.3, 0.4) is 0 Å². The molecule has 0 saturated carbocycles. The predicted molar refractivity (Wildman–Crippen MR) is 172 cm³/mol. The van der Waals surface area contributed by atoms with Crippen molar-refractivity contribution in [2.24, 2.45) is 4.99 Å². The molecular formula is C33H46BrClN4. The number of alkyl halides is 1. The molecule has 2 aromatic rings. The Morgan fingerprint density at radius 2 is 1.79 bits per heavy atom. The quantitative estimate of drug-likeness (QED) is 0.260. The van der Waals surface area contributed by atoms with Gasteiger partial charge in [0.05, 0.1) is 11.7 Å². The maximum absolute atomic E-state index is 6.45. The fourth-order valence-corrected chi connectivity index (χ4v) is 6.90. The van der Waals surface area contributed by atoms with Gasteiger partial charge < -0.3 is 5.32 Å². The lowest BCUT2D eigenvalue weighted by molar-refractivity contribution is 0.0712. The Hall–Kier alpha value is -1.50. The number of nitrogens with zero attached hydrogens (tertiary/aromatic N) is 3. The molecule has 2 aliphatic heterocycles. The van der Waals surface area contributed by atoms with Gasteiger partial charge in [0.15, 0.2) is 0 Å². The lowest BCUT2D eigenvalue weighted by atomic mass is 9.92. The molecule has 3 aliphatic rings. The largest absolute Gasteiger partial charge is 0.311 e. The van der Waals surface area contributed by atoms with E-state index in [2.05, 4.69) is 86.5 Å². The van der Waals surface area contributed by atoms with Gasteiger partial charge in [-0.05, 0) is 72.9 Å². The fraction of sp³-hybridized carbons (Fsp3) is 0.545. The zero-order valence-electron chi connectivity index (χ0n) is 24.0. The molecule has 2 fully saturated rings. The van der Waals surface area contributed by atoms with Crippen molar-refractivity contribution in [2.75, 3.05) is 38.1 Å². The summed E-state index contributed by atoms with van der Waals surface area (Å²) in [5.74, 6) is 0. The van der Waals surface area contributed by atoms with Gasteiger partial charge >= 0.3 is 0 Å². The number of hydrogen-bond donors (Lipinski definition) is 1. The topological polar surface area (TPSA) is 30.9 Å². The highest BCUT2D eigenvalue weighted by Crippen LogP contribution is 2.41. The molecule has 0 aromatic heterocycles. The third kappa shape index (κ3) is 7.83. The number of nitrogens with one attached hydrogen (secondary N) is 1. The molecular weight excluding hydrogens is 568 g/mol. The van der Waals surface area contributed by atoms with Crippen molar-refractivity contribution in [2.45, 2.75) is 77.4 Å². The molecule has 0 bridgehead atoms. The summed E-state index contributed by atoms with van der Waals surface area (Å²) in [6, 6.07) is 18.9. The molecule has 2 atom stereocenters. The number of aryl methyl sites for hydroxylation is 1. The molecule has 2 aromatic carbocycles. The van der Waals surface area contributed by atoms with Crippen molar-refractivity contribution in [3.05, 3.63) is 81.5 Å². The third-order valence-corrected chi connectivity index (χ3v) is 8.96. The van der Waals surface area contributed by atoms with E-state index >= 15 is 0 Å². The lowest BCUT2D eigenvalue weighted by Crippen LogP contribution is -2.56. The molecule has 2 heterocycles. The van der Waals surface area contributed by atoms with Gasteiger partial charge in [-0.25, -0.2) is 0 Å². The maximum Gasteiger partial charge on any atom is 0.0778 e. The molecule has 0 radical (unpaired) electrons. The summed E-state index contributed by atoms with van der Waals surface area (Å²) in [6.07, 6.45) is 8.73. The Morgan fingerprint density at radius 1 is 1.03 bits per heavy atom. The number of fused-ring (bicyclic) bond motifs is 1. The first-order valence-corrected chi connectivity index (χ1v) is 16.5. The molecule has 1 N–H and O–H groups in total. The maximum atomic E-state index is 6.45. The summed E-state index contributed by atoms with van der Waals surface area (Å²) in [5, 5.41) is 5.39. The minimum atomic E-state index is 0.217. The van der Waals surface area contributed by atoms with Gasteiger partial charge in [0.25, 0.3) is 0 Å². The molecule has 2 unspecified atom stereocenters. The number of halogens is 2. The summed E-state index contributed by atoms with van der Waals surface area (Å²) < 4.78 is 0. The van der Waals surface area contributed by atoms with E-state index in [1.165, 1.54) is 40.8 Å². The van der Waals surface area contributed by atoms with Crippen molar-refractivity contribution in [1.82, 2.24) is 15.1 Å². The number of piperidine rings is 1. The van der Waals surface area contributed by atoms with Gasteiger partial charge in [-0.2, -0.15) is 0 Å². The van der Waals surface area contributed by atoms with Gasteiger partial charge in [-0.15, -0.1) is 0 Å². The molecule has 39 heavy (non-hydrogen) atoms. The average Bonchev–Trinajstić information content (AvgIpc) is 3.14. The van der Waals surface area contributed by atoms with Crippen LogP contribution in [0, 0.1) is 0 Å². The Bertz CT molecular complexity index is 1090. The van der Waals surface area contributed by atoms with Crippen molar-refractivity contribution < 1.29 is 0 Å². The average molecular weight is 614 g/mol. The second-order valence-electron chi connectivity index (χ2n) is 10.7. The number of piperazine rings is 1. The molecule has 212 valence electrons. The van der Waals surface area contributed by atoms with E-state index in [1.54, 1.807) is 0 Å². The molecule has 6 heteroatoms. The van der Waals surface area contributed by atoms with Crippen LogP contribution in [-0.4, -0.2) is 66.2 Å². The van der Waals surface area contributed by atoms with E-state index in [0.717, 1.165) is 68.8 Å². The molecule has 0 amide bonds. The van der Waals surface area contributed by atoms with Crippen LogP contribution in [0.1, 0.15) is 69.2 Å². The van der Waals surface area contributed by atoms with E-state index in [0.29, 0.717) is 12.1 Å². The van der Waals surface area contributed by atoms with Crippen molar-refractivity contribution >= 4 is 33.7 Å². The van der Waals surface area contributed by atoms with Crippen LogP contribution in [0.15, 0.2) is 64.8 Å².